The lowest BCUT2D eigenvalue weighted by molar-refractivity contribution is 0.0778. The maximum absolute atomic E-state index is 13.0. The van der Waals surface area contributed by atoms with E-state index in [-0.39, 0.29) is 24.4 Å². The van der Waals surface area contributed by atoms with Gasteiger partial charge in [0.2, 0.25) is 0 Å². The second kappa shape index (κ2) is 6.91. The van der Waals surface area contributed by atoms with Crippen LogP contribution in [-0.2, 0) is 6.54 Å². The third kappa shape index (κ3) is 3.03. The number of nitrogens with two attached hydrogens (primary N) is 1. The molecule has 0 radical (unpaired) electrons. The van der Waals surface area contributed by atoms with Crippen molar-refractivity contribution in [2.75, 3.05) is 13.1 Å². The molecule has 1 amide bonds. The van der Waals surface area contributed by atoms with Crippen molar-refractivity contribution in [2.45, 2.75) is 25.4 Å². The second-order valence-electron chi connectivity index (χ2n) is 6.63. The number of carbonyl (C=O) groups excluding carboxylic acids is 1. The van der Waals surface area contributed by atoms with Crippen molar-refractivity contribution in [3.8, 4) is 0 Å². The number of benzene rings is 1. The highest BCUT2D eigenvalue weighted by Gasteiger charge is 2.42. The molecule has 2 fully saturated rings. The highest BCUT2D eigenvalue weighted by atomic mass is 35.5. The summed E-state index contributed by atoms with van der Waals surface area (Å²) in [4.78, 5) is 18.9. The second-order valence-corrected chi connectivity index (χ2v) is 6.63. The zero-order valence-electron chi connectivity index (χ0n) is 13.4. The van der Waals surface area contributed by atoms with Crippen molar-refractivity contribution in [2.24, 2.45) is 17.6 Å². The van der Waals surface area contributed by atoms with Crippen molar-refractivity contribution in [3.05, 3.63) is 48.0 Å². The van der Waals surface area contributed by atoms with Gasteiger partial charge in [-0.05, 0) is 36.3 Å². The van der Waals surface area contributed by atoms with Gasteiger partial charge in [0.05, 0.1) is 6.54 Å². The summed E-state index contributed by atoms with van der Waals surface area (Å²) in [5, 5.41) is 4.13. The molecule has 1 saturated carbocycles. The van der Waals surface area contributed by atoms with Crippen LogP contribution in [0.1, 0.15) is 28.8 Å². The van der Waals surface area contributed by atoms with E-state index in [2.05, 4.69) is 10.1 Å². The van der Waals surface area contributed by atoms with E-state index >= 15 is 0 Å². The molecule has 0 spiro atoms. The van der Waals surface area contributed by atoms with Gasteiger partial charge in [0, 0.05) is 24.7 Å². The fourth-order valence-corrected chi connectivity index (χ4v) is 4.00. The van der Waals surface area contributed by atoms with E-state index in [1.807, 2.05) is 29.2 Å². The summed E-state index contributed by atoms with van der Waals surface area (Å²) in [5.41, 5.74) is 7.92. The van der Waals surface area contributed by atoms with Gasteiger partial charge in [0.1, 0.15) is 12.7 Å². The van der Waals surface area contributed by atoms with Gasteiger partial charge in [-0.25, -0.2) is 9.67 Å². The first-order valence-electron chi connectivity index (χ1n) is 8.17. The smallest absolute Gasteiger partial charge is 0.254 e. The van der Waals surface area contributed by atoms with E-state index in [1.165, 1.54) is 6.33 Å². The molecule has 2 aliphatic rings. The van der Waals surface area contributed by atoms with Gasteiger partial charge in [-0.15, -0.1) is 12.4 Å². The summed E-state index contributed by atoms with van der Waals surface area (Å²) in [6, 6.07) is 8.02. The lowest BCUT2D eigenvalue weighted by Crippen LogP contribution is -2.34. The van der Waals surface area contributed by atoms with Crippen LogP contribution in [0.15, 0.2) is 36.9 Å². The van der Waals surface area contributed by atoms with Crippen LogP contribution in [-0.4, -0.2) is 44.7 Å². The van der Waals surface area contributed by atoms with Crippen LogP contribution in [0.2, 0.25) is 0 Å². The molecule has 1 aliphatic heterocycles. The molecule has 7 heteroatoms. The molecule has 24 heavy (non-hydrogen) atoms. The summed E-state index contributed by atoms with van der Waals surface area (Å²) in [5.74, 6) is 1.17. The van der Waals surface area contributed by atoms with Crippen LogP contribution < -0.4 is 5.73 Å². The highest BCUT2D eigenvalue weighted by Crippen LogP contribution is 2.37. The average molecular weight is 348 g/mol. The van der Waals surface area contributed by atoms with Gasteiger partial charge in [-0.3, -0.25) is 4.79 Å². The zero-order chi connectivity index (χ0) is 15.8. The Labute approximate surface area is 147 Å². The minimum Gasteiger partial charge on any atom is -0.338 e. The number of nitrogens with zero attached hydrogens (tertiary/aromatic N) is 4. The minimum atomic E-state index is 0. The molecule has 6 nitrogen and oxygen atoms in total. The van der Waals surface area contributed by atoms with Gasteiger partial charge in [-0.2, -0.15) is 5.10 Å². The number of halogens is 1. The Morgan fingerprint density at radius 3 is 2.83 bits per heavy atom. The fourth-order valence-electron chi connectivity index (χ4n) is 4.00. The van der Waals surface area contributed by atoms with Crippen molar-refractivity contribution >= 4 is 18.3 Å². The first-order valence-corrected chi connectivity index (χ1v) is 8.17. The van der Waals surface area contributed by atoms with E-state index < -0.39 is 0 Å². The van der Waals surface area contributed by atoms with E-state index in [0.717, 1.165) is 37.1 Å². The maximum Gasteiger partial charge on any atom is 0.254 e. The number of hydrogen-bond acceptors (Lipinski definition) is 4. The number of likely N-dealkylation sites (tertiary alicyclic amines) is 1. The number of rotatable bonds is 3. The molecular formula is C17H22ClN5O. The summed E-state index contributed by atoms with van der Waals surface area (Å²) in [6.45, 7) is 2.19. The predicted octanol–water partition coefficient (Wildman–Crippen LogP) is 1.56. The molecule has 1 aromatic carbocycles. The monoisotopic (exact) mass is 347 g/mol. The van der Waals surface area contributed by atoms with Crippen LogP contribution in [0.3, 0.4) is 0 Å². The lowest BCUT2D eigenvalue weighted by atomic mass is 9.98. The Morgan fingerprint density at radius 2 is 2.08 bits per heavy atom. The van der Waals surface area contributed by atoms with Crippen molar-refractivity contribution < 1.29 is 4.79 Å². The molecule has 1 aromatic heterocycles. The van der Waals surface area contributed by atoms with E-state index in [0.29, 0.717) is 18.4 Å². The molecule has 4 rings (SSSR count). The Kier molecular flexibility index (Phi) is 4.87. The van der Waals surface area contributed by atoms with E-state index in [1.54, 1.807) is 11.0 Å². The molecule has 1 aliphatic carbocycles. The maximum atomic E-state index is 13.0. The molecule has 2 heterocycles. The summed E-state index contributed by atoms with van der Waals surface area (Å²) in [6.07, 6.45) is 5.42. The van der Waals surface area contributed by atoms with Crippen LogP contribution in [0, 0.1) is 11.8 Å². The van der Waals surface area contributed by atoms with Crippen LogP contribution in [0.25, 0.3) is 0 Å². The SMILES string of the molecule is Cl.NC1CCC2CN(C(=O)c3ccccc3Cn3cncn3)CC12. The van der Waals surface area contributed by atoms with E-state index in [9.17, 15) is 4.79 Å². The average Bonchev–Trinajstić information content (AvgIpc) is 3.27. The standard InChI is InChI=1S/C17H21N5O.ClH/c18-16-6-5-13-7-21(9-15(13)16)17(23)14-4-2-1-3-12(14)8-22-11-19-10-20-22;/h1-4,10-11,13,15-16H,5-9,18H2;1H. The fraction of sp³-hybridized carbons (Fsp3) is 0.471. The first kappa shape index (κ1) is 16.9. The van der Waals surface area contributed by atoms with Crippen LogP contribution >= 0.6 is 12.4 Å². The quantitative estimate of drug-likeness (QED) is 0.914. The third-order valence-corrected chi connectivity index (χ3v) is 5.25. The molecule has 1 saturated heterocycles. The molecule has 3 unspecified atom stereocenters. The molecule has 2 N–H and O–H groups in total. The number of fused-ring (bicyclic) bond motifs is 1. The highest BCUT2D eigenvalue weighted by molar-refractivity contribution is 5.96. The largest absolute Gasteiger partial charge is 0.338 e. The van der Waals surface area contributed by atoms with Gasteiger partial charge < -0.3 is 10.6 Å². The molecule has 3 atom stereocenters. The van der Waals surface area contributed by atoms with Gasteiger partial charge in [-0.1, -0.05) is 18.2 Å². The molecule has 0 bridgehead atoms. The van der Waals surface area contributed by atoms with Crippen molar-refractivity contribution in [1.29, 1.82) is 0 Å². The van der Waals surface area contributed by atoms with Crippen molar-refractivity contribution in [3.63, 3.8) is 0 Å². The Balaban J connectivity index is 0.00000169. The van der Waals surface area contributed by atoms with Crippen molar-refractivity contribution in [1.82, 2.24) is 19.7 Å². The minimum absolute atomic E-state index is 0. The number of carbonyl (C=O) groups is 1. The normalized spacial score (nSPS) is 25.4. The third-order valence-electron chi connectivity index (χ3n) is 5.25. The predicted molar refractivity (Wildman–Crippen MR) is 92.9 cm³/mol. The Hall–Kier alpha value is -1.92. The first-order chi connectivity index (χ1) is 11.2. The van der Waals surface area contributed by atoms with E-state index in [4.69, 9.17) is 5.73 Å². The van der Waals surface area contributed by atoms with Crippen LogP contribution in [0.4, 0.5) is 0 Å². The van der Waals surface area contributed by atoms with Gasteiger partial charge in [0.25, 0.3) is 5.91 Å². The molecule has 2 aromatic rings. The number of aromatic nitrogens is 3. The molecule has 128 valence electrons. The Morgan fingerprint density at radius 1 is 1.25 bits per heavy atom. The number of amides is 1. The van der Waals surface area contributed by atoms with Crippen LogP contribution in [0.5, 0.6) is 0 Å². The molecular weight excluding hydrogens is 326 g/mol. The summed E-state index contributed by atoms with van der Waals surface area (Å²) in [7, 11) is 0. The van der Waals surface area contributed by atoms with Gasteiger partial charge >= 0.3 is 0 Å². The Bertz CT molecular complexity index is 705. The van der Waals surface area contributed by atoms with Gasteiger partial charge in [0.15, 0.2) is 0 Å². The lowest BCUT2D eigenvalue weighted by Gasteiger charge is -2.20. The number of hydrogen-bond donors (Lipinski definition) is 1. The zero-order valence-corrected chi connectivity index (χ0v) is 14.2. The summed E-state index contributed by atoms with van der Waals surface area (Å²) < 4.78 is 1.74. The summed E-state index contributed by atoms with van der Waals surface area (Å²) >= 11 is 0. The topological polar surface area (TPSA) is 77.0 Å².